The first-order chi connectivity index (χ1) is 6.93. The van der Waals surface area contributed by atoms with Crippen molar-refractivity contribution in [3.63, 3.8) is 0 Å². The standard InChI is InChI=1S/C10H22.C5H12/c1-8(2)6-10(5)7-9(3)4;1-3-5-4-2/h8-10H,6-7H2,1-5H3;3-5H2,1-2H3. The lowest BCUT2D eigenvalue weighted by Gasteiger charge is -2.15. The molecule has 0 spiro atoms. The van der Waals surface area contributed by atoms with Crippen LogP contribution in [0.3, 0.4) is 0 Å². The third-order valence-electron chi connectivity index (χ3n) is 2.45. The van der Waals surface area contributed by atoms with Gasteiger partial charge in [-0.3, -0.25) is 0 Å². The fourth-order valence-electron chi connectivity index (χ4n) is 2.06. The van der Waals surface area contributed by atoms with Crippen LogP contribution in [-0.4, -0.2) is 0 Å². The van der Waals surface area contributed by atoms with Gasteiger partial charge in [-0.25, -0.2) is 0 Å². The second-order valence-electron chi connectivity index (χ2n) is 5.72. The van der Waals surface area contributed by atoms with Crippen molar-refractivity contribution < 1.29 is 0 Å². The summed E-state index contributed by atoms with van der Waals surface area (Å²) in [5, 5.41) is 0. The van der Waals surface area contributed by atoms with E-state index in [0.29, 0.717) is 0 Å². The van der Waals surface area contributed by atoms with Gasteiger partial charge in [0.2, 0.25) is 0 Å². The summed E-state index contributed by atoms with van der Waals surface area (Å²) in [5.74, 6) is 2.66. The van der Waals surface area contributed by atoms with Crippen molar-refractivity contribution >= 4 is 0 Å². The lowest BCUT2D eigenvalue weighted by Crippen LogP contribution is -2.03. The summed E-state index contributed by atoms with van der Waals surface area (Å²) in [7, 11) is 0. The predicted octanol–water partition coefficient (Wildman–Crippen LogP) is 5.91. The second kappa shape index (κ2) is 12.1. The summed E-state index contributed by atoms with van der Waals surface area (Å²) in [5.41, 5.74) is 0. The molecule has 0 heterocycles. The maximum absolute atomic E-state index is 2.36. The van der Waals surface area contributed by atoms with Gasteiger partial charge in [0.1, 0.15) is 0 Å². The number of hydrogen-bond donors (Lipinski definition) is 0. The Labute approximate surface area is 98.9 Å². The second-order valence-corrected chi connectivity index (χ2v) is 5.72. The van der Waals surface area contributed by atoms with Crippen LogP contribution < -0.4 is 0 Å². The predicted molar refractivity (Wildman–Crippen MR) is 73.3 cm³/mol. The topological polar surface area (TPSA) is 0 Å². The molecule has 0 aliphatic heterocycles. The van der Waals surface area contributed by atoms with Crippen LogP contribution in [0.15, 0.2) is 0 Å². The molecule has 0 rings (SSSR count). The van der Waals surface area contributed by atoms with Gasteiger partial charge in [0.25, 0.3) is 0 Å². The van der Waals surface area contributed by atoms with Crippen molar-refractivity contribution in [1.82, 2.24) is 0 Å². The zero-order chi connectivity index (χ0) is 12.3. The average molecular weight is 214 g/mol. The summed E-state index contributed by atoms with van der Waals surface area (Å²) in [6.07, 6.45) is 6.85. The van der Waals surface area contributed by atoms with Gasteiger partial charge in [-0.2, -0.15) is 0 Å². The molecule has 0 aromatic heterocycles. The molecule has 0 atom stereocenters. The molecular formula is C15H34. The Morgan fingerprint density at radius 1 is 0.667 bits per heavy atom. The van der Waals surface area contributed by atoms with Crippen LogP contribution >= 0.6 is 0 Å². The Hall–Kier alpha value is 0. The highest BCUT2D eigenvalue weighted by Crippen LogP contribution is 2.18. The highest BCUT2D eigenvalue weighted by atomic mass is 14.1. The zero-order valence-corrected chi connectivity index (χ0v) is 12.3. The van der Waals surface area contributed by atoms with Gasteiger partial charge in [0.05, 0.1) is 0 Å². The molecular weight excluding hydrogens is 180 g/mol. The van der Waals surface area contributed by atoms with Crippen molar-refractivity contribution in [3.05, 3.63) is 0 Å². The summed E-state index contributed by atoms with van der Waals surface area (Å²) in [6, 6.07) is 0. The molecule has 0 nitrogen and oxygen atoms in total. The van der Waals surface area contributed by atoms with Crippen LogP contribution in [0.2, 0.25) is 0 Å². The van der Waals surface area contributed by atoms with Crippen LogP contribution in [0.5, 0.6) is 0 Å². The maximum atomic E-state index is 2.36. The highest BCUT2D eigenvalue weighted by molar-refractivity contribution is 4.57. The van der Waals surface area contributed by atoms with E-state index in [2.05, 4.69) is 48.5 Å². The number of hydrogen-bond acceptors (Lipinski definition) is 0. The molecule has 0 bridgehead atoms. The molecule has 0 saturated heterocycles. The van der Waals surface area contributed by atoms with Gasteiger partial charge in [-0.05, 0) is 30.6 Å². The van der Waals surface area contributed by atoms with Crippen LogP contribution in [0.4, 0.5) is 0 Å². The van der Waals surface area contributed by atoms with E-state index < -0.39 is 0 Å². The molecule has 15 heavy (non-hydrogen) atoms. The third kappa shape index (κ3) is 20.2. The summed E-state index contributed by atoms with van der Waals surface area (Å²) < 4.78 is 0. The number of unbranched alkanes of at least 4 members (excludes halogenated alkanes) is 2. The Balaban J connectivity index is 0. The molecule has 0 unspecified atom stereocenters. The van der Waals surface area contributed by atoms with Gasteiger partial charge < -0.3 is 0 Å². The van der Waals surface area contributed by atoms with E-state index in [1.165, 1.54) is 32.1 Å². The number of rotatable bonds is 6. The van der Waals surface area contributed by atoms with Crippen LogP contribution in [0, 0.1) is 17.8 Å². The Kier molecular flexibility index (Phi) is 14.0. The first-order valence-electron chi connectivity index (χ1n) is 6.93. The van der Waals surface area contributed by atoms with Gasteiger partial charge >= 0.3 is 0 Å². The van der Waals surface area contributed by atoms with E-state index in [1.807, 2.05) is 0 Å². The van der Waals surface area contributed by atoms with Gasteiger partial charge in [-0.1, -0.05) is 67.7 Å². The van der Waals surface area contributed by atoms with E-state index in [-0.39, 0.29) is 0 Å². The van der Waals surface area contributed by atoms with Crippen molar-refractivity contribution in [2.75, 3.05) is 0 Å². The zero-order valence-electron chi connectivity index (χ0n) is 12.3. The normalized spacial score (nSPS) is 10.8. The minimum atomic E-state index is 0.869. The molecule has 0 heteroatoms. The lowest BCUT2D eigenvalue weighted by atomic mass is 9.91. The summed E-state index contributed by atoms with van der Waals surface area (Å²) in [4.78, 5) is 0. The van der Waals surface area contributed by atoms with Crippen LogP contribution in [-0.2, 0) is 0 Å². The van der Waals surface area contributed by atoms with Gasteiger partial charge in [0, 0.05) is 0 Å². The van der Waals surface area contributed by atoms with Crippen LogP contribution in [0.25, 0.3) is 0 Å². The Morgan fingerprint density at radius 3 is 1.13 bits per heavy atom. The van der Waals surface area contributed by atoms with Crippen molar-refractivity contribution in [2.45, 2.75) is 80.6 Å². The van der Waals surface area contributed by atoms with E-state index in [0.717, 1.165) is 17.8 Å². The Morgan fingerprint density at radius 2 is 1.00 bits per heavy atom. The summed E-state index contributed by atoms with van der Waals surface area (Å²) in [6.45, 7) is 16.0. The maximum Gasteiger partial charge on any atom is -0.0438 e. The SMILES string of the molecule is CC(C)CC(C)CC(C)C.CCCCC. The largest absolute Gasteiger partial charge is 0.0654 e. The molecule has 0 N–H and O–H groups in total. The molecule has 0 aliphatic rings. The molecule has 0 amide bonds. The Bertz CT molecular complexity index is 90.6. The molecule has 0 saturated carbocycles. The van der Waals surface area contributed by atoms with Crippen LogP contribution in [0.1, 0.15) is 80.6 Å². The van der Waals surface area contributed by atoms with Gasteiger partial charge in [-0.15, -0.1) is 0 Å². The quantitative estimate of drug-likeness (QED) is 0.515. The smallest absolute Gasteiger partial charge is 0.0438 e. The minimum Gasteiger partial charge on any atom is -0.0654 e. The third-order valence-corrected chi connectivity index (χ3v) is 2.45. The van der Waals surface area contributed by atoms with E-state index in [9.17, 15) is 0 Å². The molecule has 0 aromatic rings. The van der Waals surface area contributed by atoms with Crippen molar-refractivity contribution in [1.29, 1.82) is 0 Å². The average Bonchev–Trinajstić information content (AvgIpc) is 2.03. The fourth-order valence-corrected chi connectivity index (χ4v) is 2.06. The first kappa shape index (κ1) is 17.4. The fraction of sp³-hybridized carbons (Fsp3) is 1.00. The van der Waals surface area contributed by atoms with Crippen molar-refractivity contribution in [3.8, 4) is 0 Å². The van der Waals surface area contributed by atoms with Gasteiger partial charge in [0.15, 0.2) is 0 Å². The molecule has 0 aromatic carbocycles. The molecule has 0 radical (unpaired) electrons. The minimum absolute atomic E-state index is 0.869. The molecule has 94 valence electrons. The molecule has 0 fully saturated rings. The lowest BCUT2D eigenvalue weighted by molar-refractivity contribution is 0.368. The van der Waals surface area contributed by atoms with E-state index >= 15 is 0 Å². The van der Waals surface area contributed by atoms with Crippen molar-refractivity contribution in [2.24, 2.45) is 17.8 Å². The monoisotopic (exact) mass is 214 g/mol. The van der Waals surface area contributed by atoms with E-state index in [4.69, 9.17) is 0 Å². The first-order valence-corrected chi connectivity index (χ1v) is 6.93. The molecule has 0 aliphatic carbocycles. The van der Waals surface area contributed by atoms with E-state index in [1.54, 1.807) is 0 Å². The summed E-state index contributed by atoms with van der Waals surface area (Å²) >= 11 is 0. The highest BCUT2D eigenvalue weighted by Gasteiger charge is 2.06.